The zero-order valence-corrected chi connectivity index (χ0v) is 12.3. The average Bonchev–Trinajstić information content (AvgIpc) is 2.48. The van der Waals surface area contributed by atoms with Crippen LogP contribution in [0.5, 0.6) is 0 Å². The van der Waals surface area contributed by atoms with Crippen LogP contribution in [0.2, 0.25) is 0 Å². The fraction of sp³-hybridized carbons (Fsp3) is 0.611. The molecule has 2 aliphatic carbocycles. The summed E-state index contributed by atoms with van der Waals surface area (Å²) in [6.45, 7) is 2.27. The number of hydrogen-bond donors (Lipinski definition) is 1. The highest BCUT2D eigenvalue weighted by molar-refractivity contribution is 5.81. The van der Waals surface area contributed by atoms with Gasteiger partial charge in [0.15, 0.2) is 0 Å². The van der Waals surface area contributed by atoms with Crippen molar-refractivity contribution in [3.05, 3.63) is 34.9 Å². The molecule has 0 amide bonds. The molecule has 0 bridgehead atoms. The Morgan fingerprint density at radius 2 is 1.95 bits per heavy atom. The van der Waals surface area contributed by atoms with Crippen LogP contribution in [0.1, 0.15) is 74.5 Å². The molecule has 1 saturated carbocycles. The van der Waals surface area contributed by atoms with Gasteiger partial charge < -0.3 is 5.11 Å². The molecule has 0 saturated heterocycles. The van der Waals surface area contributed by atoms with Crippen LogP contribution in [-0.4, -0.2) is 11.1 Å². The lowest BCUT2D eigenvalue weighted by Gasteiger charge is -2.35. The predicted octanol–water partition coefficient (Wildman–Crippen LogP) is 4.41. The molecule has 1 N–H and O–H groups in total. The first-order chi connectivity index (χ1) is 9.63. The van der Waals surface area contributed by atoms with E-state index in [1.54, 1.807) is 0 Å². The third-order valence-corrected chi connectivity index (χ3v) is 5.43. The molecule has 2 aliphatic rings. The lowest BCUT2D eigenvalue weighted by atomic mass is 9.68. The molecule has 0 aliphatic heterocycles. The van der Waals surface area contributed by atoms with E-state index in [4.69, 9.17) is 0 Å². The summed E-state index contributed by atoms with van der Waals surface area (Å²) >= 11 is 0. The molecule has 0 radical (unpaired) electrons. The van der Waals surface area contributed by atoms with E-state index in [0.29, 0.717) is 5.92 Å². The Morgan fingerprint density at radius 1 is 1.20 bits per heavy atom. The van der Waals surface area contributed by atoms with E-state index in [1.165, 1.54) is 30.4 Å². The van der Waals surface area contributed by atoms with Crippen molar-refractivity contribution in [2.75, 3.05) is 0 Å². The Bertz CT molecular complexity index is 512. The minimum Gasteiger partial charge on any atom is -0.481 e. The summed E-state index contributed by atoms with van der Waals surface area (Å²) < 4.78 is 0. The normalized spacial score (nSPS) is 24.9. The van der Waals surface area contributed by atoms with E-state index in [1.807, 2.05) is 0 Å². The van der Waals surface area contributed by atoms with Gasteiger partial charge >= 0.3 is 5.97 Å². The second kappa shape index (κ2) is 5.23. The molecule has 20 heavy (non-hydrogen) atoms. The van der Waals surface area contributed by atoms with Crippen LogP contribution in [0.4, 0.5) is 0 Å². The molecular formula is C18H24O2. The molecule has 0 heterocycles. The number of carboxylic acid groups (broad SMARTS) is 1. The Balaban J connectivity index is 2.04. The highest BCUT2D eigenvalue weighted by atomic mass is 16.4. The monoisotopic (exact) mass is 272 g/mol. The van der Waals surface area contributed by atoms with Crippen molar-refractivity contribution in [2.45, 2.75) is 69.6 Å². The maximum absolute atomic E-state index is 11.9. The van der Waals surface area contributed by atoms with Crippen LogP contribution < -0.4 is 0 Å². The number of fused-ring (bicyclic) bond motifs is 1. The Hall–Kier alpha value is -1.31. The number of carbonyl (C=O) groups is 1. The van der Waals surface area contributed by atoms with Crippen molar-refractivity contribution < 1.29 is 9.90 Å². The lowest BCUT2D eigenvalue weighted by molar-refractivity contribution is -0.145. The van der Waals surface area contributed by atoms with Crippen LogP contribution in [0.3, 0.4) is 0 Å². The quantitative estimate of drug-likeness (QED) is 0.865. The Morgan fingerprint density at radius 3 is 2.65 bits per heavy atom. The number of hydrogen-bond acceptors (Lipinski definition) is 1. The van der Waals surface area contributed by atoms with Gasteiger partial charge in [0.2, 0.25) is 0 Å². The smallest absolute Gasteiger partial charge is 0.314 e. The van der Waals surface area contributed by atoms with E-state index < -0.39 is 11.4 Å². The topological polar surface area (TPSA) is 37.3 Å². The van der Waals surface area contributed by atoms with Crippen LogP contribution in [0.15, 0.2) is 18.2 Å². The first-order valence-electron chi connectivity index (χ1n) is 8.00. The number of rotatable bonds is 2. The Kier molecular flexibility index (Phi) is 3.57. The Labute approximate surface area is 121 Å². The largest absolute Gasteiger partial charge is 0.481 e. The molecule has 2 nitrogen and oxygen atoms in total. The standard InChI is InChI=1S/C18H24O2/c1-13-6-5-7-14-8-9-15(12-16(13)14)18(17(19)20)10-3-2-4-11-18/h8-9,12-13H,2-7,10-11H2,1H3,(H,19,20). The van der Waals surface area contributed by atoms with Crippen LogP contribution in [0, 0.1) is 0 Å². The van der Waals surface area contributed by atoms with Crippen molar-refractivity contribution in [1.82, 2.24) is 0 Å². The fourth-order valence-corrected chi connectivity index (χ4v) is 4.11. The number of benzene rings is 1. The highest BCUT2D eigenvalue weighted by Crippen LogP contribution is 2.42. The van der Waals surface area contributed by atoms with Gasteiger partial charge in [-0.25, -0.2) is 0 Å². The summed E-state index contributed by atoms with van der Waals surface area (Å²) in [6.07, 6.45) is 8.51. The second-order valence-electron chi connectivity index (χ2n) is 6.65. The predicted molar refractivity (Wildman–Crippen MR) is 80.2 cm³/mol. The molecular weight excluding hydrogens is 248 g/mol. The first-order valence-corrected chi connectivity index (χ1v) is 8.00. The van der Waals surface area contributed by atoms with Gasteiger partial charge in [-0.05, 0) is 54.7 Å². The third kappa shape index (κ3) is 2.15. The minimum atomic E-state index is -0.624. The van der Waals surface area contributed by atoms with Crippen molar-refractivity contribution in [2.24, 2.45) is 0 Å². The van der Waals surface area contributed by atoms with Gasteiger partial charge in [-0.3, -0.25) is 4.79 Å². The van der Waals surface area contributed by atoms with E-state index in [-0.39, 0.29) is 0 Å². The maximum atomic E-state index is 11.9. The summed E-state index contributed by atoms with van der Waals surface area (Å²) in [5.74, 6) is -0.0475. The molecule has 3 rings (SSSR count). The molecule has 1 fully saturated rings. The molecule has 0 aromatic heterocycles. The van der Waals surface area contributed by atoms with E-state index in [2.05, 4.69) is 25.1 Å². The molecule has 1 unspecified atom stereocenters. The maximum Gasteiger partial charge on any atom is 0.314 e. The summed E-state index contributed by atoms with van der Waals surface area (Å²) in [6, 6.07) is 6.51. The number of carboxylic acids is 1. The molecule has 108 valence electrons. The van der Waals surface area contributed by atoms with Crippen molar-refractivity contribution in [3.63, 3.8) is 0 Å². The highest BCUT2D eigenvalue weighted by Gasteiger charge is 2.41. The van der Waals surface area contributed by atoms with Gasteiger partial charge in [-0.1, -0.05) is 44.4 Å². The van der Waals surface area contributed by atoms with Crippen LogP contribution in [-0.2, 0) is 16.6 Å². The molecule has 1 aromatic carbocycles. The molecule has 1 aromatic rings. The van der Waals surface area contributed by atoms with Gasteiger partial charge in [-0.15, -0.1) is 0 Å². The van der Waals surface area contributed by atoms with Gasteiger partial charge in [0.1, 0.15) is 0 Å². The minimum absolute atomic E-state index is 0.577. The molecule has 1 atom stereocenters. The summed E-state index contributed by atoms with van der Waals surface area (Å²) in [5.41, 5.74) is 3.27. The average molecular weight is 272 g/mol. The summed E-state index contributed by atoms with van der Waals surface area (Å²) in [5, 5.41) is 9.81. The lowest BCUT2D eigenvalue weighted by Crippen LogP contribution is -2.38. The van der Waals surface area contributed by atoms with Crippen molar-refractivity contribution in [3.8, 4) is 0 Å². The SMILES string of the molecule is CC1CCCc2ccc(C3(C(=O)O)CCCCC3)cc21. The summed E-state index contributed by atoms with van der Waals surface area (Å²) in [7, 11) is 0. The fourth-order valence-electron chi connectivity index (χ4n) is 4.11. The summed E-state index contributed by atoms with van der Waals surface area (Å²) in [4.78, 5) is 11.9. The van der Waals surface area contributed by atoms with Gasteiger partial charge in [0.05, 0.1) is 5.41 Å². The zero-order chi connectivity index (χ0) is 14.2. The first kappa shape index (κ1) is 13.7. The van der Waals surface area contributed by atoms with E-state index >= 15 is 0 Å². The van der Waals surface area contributed by atoms with E-state index in [0.717, 1.165) is 37.7 Å². The number of aryl methyl sites for hydroxylation is 1. The van der Waals surface area contributed by atoms with Crippen molar-refractivity contribution >= 4 is 5.97 Å². The zero-order valence-electron chi connectivity index (χ0n) is 12.3. The molecule has 0 spiro atoms. The van der Waals surface area contributed by atoms with Gasteiger partial charge in [0, 0.05) is 0 Å². The van der Waals surface area contributed by atoms with Crippen LogP contribution in [0.25, 0.3) is 0 Å². The van der Waals surface area contributed by atoms with Gasteiger partial charge in [0.25, 0.3) is 0 Å². The third-order valence-electron chi connectivity index (χ3n) is 5.43. The molecule has 2 heteroatoms. The van der Waals surface area contributed by atoms with Crippen molar-refractivity contribution in [1.29, 1.82) is 0 Å². The number of aliphatic carboxylic acids is 1. The van der Waals surface area contributed by atoms with E-state index in [9.17, 15) is 9.90 Å². The van der Waals surface area contributed by atoms with Gasteiger partial charge in [-0.2, -0.15) is 0 Å². The second-order valence-corrected chi connectivity index (χ2v) is 6.65. The van der Waals surface area contributed by atoms with Crippen LogP contribution >= 0.6 is 0 Å².